The van der Waals surface area contributed by atoms with E-state index in [-0.39, 0.29) is 0 Å². The molecule has 0 unspecified atom stereocenters. The van der Waals surface area contributed by atoms with Gasteiger partial charge in [0.25, 0.3) is 0 Å². The van der Waals surface area contributed by atoms with E-state index in [0.717, 1.165) is 42.9 Å². The van der Waals surface area contributed by atoms with E-state index in [2.05, 4.69) is 111 Å². The van der Waals surface area contributed by atoms with Crippen molar-refractivity contribution < 1.29 is 4.39 Å². The summed E-state index contributed by atoms with van der Waals surface area (Å²) in [6.45, 7) is 0. The van der Waals surface area contributed by atoms with E-state index in [0.29, 0.717) is 11.2 Å². The lowest BCUT2D eigenvalue weighted by Crippen LogP contribution is -2.19. The predicted molar refractivity (Wildman–Crippen MR) is 188 cm³/mol. The number of fused-ring (bicyclic) bond motifs is 13. The third-order valence-corrected chi connectivity index (χ3v) is 11.6. The lowest BCUT2D eigenvalue weighted by Gasteiger charge is -2.32. The summed E-state index contributed by atoms with van der Waals surface area (Å²) in [6.07, 6.45) is 0. The van der Waals surface area contributed by atoms with Gasteiger partial charge in [-0.15, -0.1) is 32.9 Å². The van der Waals surface area contributed by atoms with Crippen LogP contribution in [-0.4, -0.2) is 14.8 Å². The van der Waals surface area contributed by atoms with Crippen LogP contribution in [0.3, 0.4) is 0 Å². The zero-order valence-electron chi connectivity index (χ0n) is 23.5. The second-order valence-electron chi connectivity index (χ2n) is 11.6. The Bertz CT molecular complexity index is 2920. The average molecular weight is 615 g/mol. The van der Waals surface area contributed by atoms with Crippen LogP contribution in [0.5, 0.6) is 0 Å². The van der Waals surface area contributed by atoms with E-state index < -0.39 is 5.95 Å². The average Bonchev–Trinajstić information content (AvgIpc) is 3.75. The topological polar surface area (TPSA) is 34.0 Å². The van der Waals surface area contributed by atoms with Gasteiger partial charge in [-0.1, -0.05) is 66.7 Å². The number of hydrogen-bond acceptors (Lipinski definition) is 5. The molecule has 0 atom stereocenters. The van der Waals surface area contributed by atoms with Crippen LogP contribution in [0.4, 0.5) is 21.6 Å². The monoisotopic (exact) mass is 614 g/mol. The number of para-hydroxylation sites is 3. The largest absolute Gasteiger partial charge is 0.305 e. The summed E-state index contributed by atoms with van der Waals surface area (Å²) in [5, 5.41) is 17.5. The summed E-state index contributed by atoms with van der Waals surface area (Å²) >= 11 is 3.41. The molecule has 0 amide bonds. The van der Waals surface area contributed by atoms with Crippen LogP contribution >= 0.6 is 22.7 Å². The first-order chi connectivity index (χ1) is 22.2. The molecule has 0 N–H and O–H groups in total. The number of thiophene rings is 2. The van der Waals surface area contributed by atoms with Crippen molar-refractivity contribution in [1.29, 1.82) is 0 Å². The number of rotatable bonds is 1. The molecule has 0 bridgehead atoms. The molecule has 0 spiro atoms. The Kier molecular flexibility index (Phi) is 4.49. The molecule has 1 aliphatic heterocycles. The highest BCUT2D eigenvalue weighted by Crippen LogP contribution is 2.52. The maximum Gasteiger partial charge on any atom is 0.242 e. The quantitative estimate of drug-likeness (QED) is 0.184. The van der Waals surface area contributed by atoms with Crippen molar-refractivity contribution in [3.05, 3.63) is 121 Å². The molecule has 7 heteroatoms. The number of anilines is 3. The minimum atomic E-state index is -0.539. The maximum atomic E-state index is 15.3. The fraction of sp³-hybridized carbons (Fsp3) is 0. The van der Waals surface area contributed by atoms with E-state index in [4.69, 9.17) is 0 Å². The first-order valence-electron chi connectivity index (χ1n) is 14.8. The molecule has 10 aromatic rings. The summed E-state index contributed by atoms with van der Waals surface area (Å²) in [4.78, 5) is 2.17. The summed E-state index contributed by atoms with van der Waals surface area (Å²) in [6, 6.07) is 40.7. The highest BCUT2D eigenvalue weighted by Gasteiger charge is 2.32. The summed E-state index contributed by atoms with van der Waals surface area (Å²) in [5.74, 6) is 0.101. The number of benzene rings is 6. The third-order valence-electron chi connectivity index (χ3n) is 9.30. The number of hydrogen-bond donors (Lipinski definition) is 0. The Hall–Kier alpha value is -5.37. The van der Waals surface area contributed by atoms with Crippen LogP contribution in [-0.2, 0) is 0 Å². The second kappa shape index (κ2) is 8.41. The molecule has 1 aliphatic rings. The molecule has 45 heavy (non-hydrogen) atoms. The minimum absolute atomic E-state index is 0.523. The fourth-order valence-electron chi connectivity index (χ4n) is 7.46. The summed E-state index contributed by atoms with van der Waals surface area (Å²) < 4.78 is 22.1. The van der Waals surface area contributed by atoms with Crippen LogP contribution in [0, 0.1) is 5.95 Å². The van der Waals surface area contributed by atoms with Crippen molar-refractivity contribution in [2.75, 3.05) is 4.90 Å². The normalized spacial score (nSPS) is 13.0. The van der Waals surface area contributed by atoms with E-state index in [1.54, 1.807) is 11.3 Å². The lowest BCUT2D eigenvalue weighted by molar-refractivity contribution is 0.578. The molecule has 0 radical (unpaired) electrons. The van der Waals surface area contributed by atoms with Gasteiger partial charge in [0.1, 0.15) is 0 Å². The van der Waals surface area contributed by atoms with Crippen LogP contribution in [0.25, 0.3) is 78.6 Å². The molecule has 4 aromatic heterocycles. The molecule has 5 heterocycles. The lowest BCUT2D eigenvalue weighted by atomic mass is 10.0. The molecule has 11 rings (SSSR count). The van der Waals surface area contributed by atoms with Gasteiger partial charge in [0.15, 0.2) is 5.82 Å². The first kappa shape index (κ1) is 24.0. The SMILES string of the molecule is Fc1nnc(N2c3ccccc3-n3c4ccc5cc6c(cc5c4c4cccc2c43)sc2ccccc26)c2sc3ccccc3c12. The van der Waals surface area contributed by atoms with Gasteiger partial charge in [0.05, 0.1) is 38.2 Å². The molecule has 0 aliphatic carbocycles. The Labute approximate surface area is 262 Å². The molecule has 4 nitrogen and oxygen atoms in total. The van der Waals surface area contributed by atoms with Gasteiger partial charge in [-0.05, 0) is 59.3 Å². The van der Waals surface area contributed by atoms with Crippen molar-refractivity contribution >= 4 is 113 Å². The van der Waals surface area contributed by atoms with Gasteiger partial charge >= 0.3 is 0 Å². The van der Waals surface area contributed by atoms with Crippen LogP contribution in [0.1, 0.15) is 0 Å². The molecule has 6 aromatic carbocycles. The van der Waals surface area contributed by atoms with Crippen LogP contribution in [0.15, 0.2) is 115 Å². The Balaban J connectivity index is 1.28. The predicted octanol–water partition coefficient (Wildman–Crippen LogP) is 11.4. The van der Waals surface area contributed by atoms with Gasteiger partial charge in [0.2, 0.25) is 5.95 Å². The van der Waals surface area contributed by atoms with Crippen molar-refractivity contribution in [3.63, 3.8) is 0 Å². The van der Waals surface area contributed by atoms with Gasteiger partial charge in [0, 0.05) is 41.0 Å². The smallest absolute Gasteiger partial charge is 0.242 e. The van der Waals surface area contributed by atoms with Gasteiger partial charge < -0.3 is 4.57 Å². The number of halogens is 1. The van der Waals surface area contributed by atoms with Crippen LogP contribution in [0.2, 0.25) is 0 Å². The van der Waals surface area contributed by atoms with Gasteiger partial charge in [-0.2, -0.15) is 4.39 Å². The van der Waals surface area contributed by atoms with Gasteiger partial charge in [-0.25, -0.2) is 0 Å². The summed E-state index contributed by atoms with van der Waals surface area (Å²) in [7, 11) is 0. The third kappa shape index (κ3) is 2.99. The van der Waals surface area contributed by atoms with Crippen molar-refractivity contribution in [3.8, 4) is 5.69 Å². The second-order valence-corrected chi connectivity index (χ2v) is 13.7. The van der Waals surface area contributed by atoms with E-state index in [9.17, 15) is 0 Å². The molecule has 0 saturated heterocycles. The summed E-state index contributed by atoms with van der Waals surface area (Å²) in [5.41, 5.74) is 5.30. The van der Waals surface area contributed by atoms with Gasteiger partial charge in [-0.3, -0.25) is 4.90 Å². The standard InChI is InChI=1S/C38H19FN4S2/c39-37-34-22-9-2-6-15-31(22)45-36(34)38(41-40-37)43-27-12-4-3-11-26(27)42-28-17-16-20-18-25-21-8-1-5-14-30(21)44-32(25)19-24(20)33(28)23-10-7-13-29(43)35(23)42/h1-19H. The Morgan fingerprint density at radius 2 is 1.27 bits per heavy atom. The maximum absolute atomic E-state index is 15.3. The minimum Gasteiger partial charge on any atom is -0.305 e. The van der Waals surface area contributed by atoms with E-state index in [1.807, 2.05) is 35.6 Å². The Morgan fingerprint density at radius 1 is 0.533 bits per heavy atom. The number of nitrogens with zero attached hydrogens (tertiary/aromatic N) is 4. The van der Waals surface area contributed by atoms with Crippen molar-refractivity contribution in [1.82, 2.24) is 14.8 Å². The van der Waals surface area contributed by atoms with Crippen LogP contribution < -0.4 is 4.90 Å². The number of aromatic nitrogens is 3. The van der Waals surface area contributed by atoms with E-state index >= 15 is 4.39 Å². The molecular weight excluding hydrogens is 596 g/mol. The molecule has 0 saturated carbocycles. The zero-order chi connectivity index (χ0) is 29.4. The molecule has 0 fully saturated rings. The molecular formula is C38H19FN4S2. The van der Waals surface area contributed by atoms with Crippen molar-refractivity contribution in [2.45, 2.75) is 0 Å². The van der Waals surface area contributed by atoms with Crippen molar-refractivity contribution in [2.24, 2.45) is 0 Å². The zero-order valence-corrected chi connectivity index (χ0v) is 25.1. The molecule has 210 valence electrons. The Morgan fingerprint density at radius 3 is 2.16 bits per heavy atom. The fourth-order valence-corrected chi connectivity index (χ4v) is 9.76. The van der Waals surface area contributed by atoms with E-state index in [1.165, 1.54) is 41.7 Å². The highest BCUT2D eigenvalue weighted by atomic mass is 32.1. The highest BCUT2D eigenvalue weighted by molar-refractivity contribution is 7.26. The first-order valence-corrected chi connectivity index (χ1v) is 16.4.